The summed E-state index contributed by atoms with van der Waals surface area (Å²) < 4.78 is 27.6. The van der Waals surface area contributed by atoms with E-state index in [1.807, 2.05) is 14.7 Å². The van der Waals surface area contributed by atoms with E-state index in [-0.39, 0.29) is 53.9 Å². The van der Waals surface area contributed by atoms with Crippen LogP contribution in [-0.4, -0.2) is 291 Å². The van der Waals surface area contributed by atoms with Gasteiger partial charge in [0.15, 0.2) is 0 Å². The second-order valence-electron chi connectivity index (χ2n) is 25.1. The first kappa shape index (κ1) is 97.9. The summed E-state index contributed by atoms with van der Waals surface area (Å²) in [7, 11) is 3.70. The summed E-state index contributed by atoms with van der Waals surface area (Å²) in [6, 6.07) is 0. The highest BCUT2D eigenvalue weighted by atomic mass is 16.5. The van der Waals surface area contributed by atoms with Gasteiger partial charge in [-0.25, -0.2) is 43.2 Å². The van der Waals surface area contributed by atoms with Crippen LogP contribution in [0.3, 0.4) is 0 Å². The quantitative estimate of drug-likeness (QED) is 0.0221. The van der Waals surface area contributed by atoms with E-state index in [0.717, 1.165) is 241 Å². The molecule has 6 saturated heterocycles. The zero-order valence-electron chi connectivity index (χ0n) is 63.9. The van der Waals surface area contributed by atoms with Crippen molar-refractivity contribution in [1.82, 2.24) is 45.3 Å². The predicted molar refractivity (Wildman–Crippen MR) is 396 cm³/mol. The molecular formula is C75H111N9O27. The maximum Gasteiger partial charge on any atom is 0.331 e. The molecular weight excluding hydrogens is 1460 g/mol. The molecule has 9 amide bonds. The summed E-state index contributed by atoms with van der Waals surface area (Å²) in [6.45, 7) is 10.8. The largest absolute Gasteiger partial charge is 0.478 e. The molecule has 6 aliphatic rings. The second kappa shape index (κ2) is 61.7. The third-order valence-electron chi connectivity index (χ3n) is 16.6. The van der Waals surface area contributed by atoms with E-state index in [1.54, 1.807) is 14.7 Å². The van der Waals surface area contributed by atoms with Gasteiger partial charge in [0.1, 0.15) is 6.61 Å². The Balaban J connectivity index is 0.000000668. The Hall–Kier alpha value is -11.1. The lowest BCUT2D eigenvalue weighted by molar-refractivity contribution is -0.140. The molecule has 0 aromatic rings. The van der Waals surface area contributed by atoms with Gasteiger partial charge in [-0.15, -0.1) is 0 Å². The number of aliphatic carboxylic acids is 3. The van der Waals surface area contributed by atoms with Crippen LogP contribution in [0.2, 0.25) is 0 Å². The van der Waals surface area contributed by atoms with Crippen LogP contribution in [0.15, 0.2) is 72.9 Å². The van der Waals surface area contributed by atoms with Crippen LogP contribution in [0.5, 0.6) is 0 Å². The summed E-state index contributed by atoms with van der Waals surface area (Å²) in [6.07, 6.45) is 32.1. The molecule has 36 heteroatoms. The van der Waals surface area contributed by atoms with E-state index in [2.05, 4.69) is 30.2 Å². The number of esters is 6. The molecule has 0 aromatic heterocycles. The van der Waals surface area contributed by atoms with Crippen LogP contribution < -0.4 is 16.0 Å². The molecule has 0 saturated carbocycles. The topological polar surface area (TPSA) is 479 Å². The van der Waals surface area contributed by atoms with Crippen LogP contribution >= 0.6 is 0 Å². The number of likely N-dealkylation sites (tertiary alicyclic amines) is 6. The standard InChI is InChI=1S/C15H23NO5.C14H22N2O4.C14H21NO5.C11H16N2O4.C11H15NO5.C10H14N2O4/c1-20-14(18)8-9-15(19)21-12-5-3-2-4-10-16-11-6-7-13(16)17;17-12(7-8-14(19)20)15-9-3-1-2-4-10-16-11-5-6-13(16)18;16-12-6-5-10-15(12)9-3-1-2-4-11-20-14(19)8-7-13(17)18;1-17-11(16)5-4-9(14)12-6-8-13-7-2-3-10(13)15;1-16-10(14)4-5-11(15)17-8-7-12-6-2-3-9(12)13;13-8(3-4-10(15)16)11-5-7-12-6-1-2-9(12)14/h8-9H,2-7,10-12H2,1H3;7-8H,1-6,9-11H2,(H,15,17)(H,19,20);7-8H,1-6,9-11H2,(H,17,18);4-5H,2-3,6-8H2,1H3,(H,12,14);4-5H,2-3,6-8H2,1H3;3-4H,1-2,5-7H2,(H,11,13)(H,15,16). The van der Waals surface area contributed by atoms with Gasteiger partial charge in [-0.05, 0) is 89.9 Å². The molecule has 6 rings (SSSR count). The highest BCUT2D eigenvalue weighted by molar-refractivity contribution is 5.96. The molecule has 6 heterocycles. The minimum absolute atomic E-state index is 0.0890. The van der Waals surface area contributed by atoms with E-state index < -0.39 is 59.6 Å². The van der Waals surface area contributed by atoms with E-state index in [9.17, 15) is 86.3 Å². The fraction of sp³-hybridized carbons (Fsp3) is 0.600. The molecule has 0 aromatic carbocycles. The number of carboxylic acids is 3. The first-order valence-electron chi connectivity index (χ1n) is 37.2. The molecule has 6 aliphatic heterocycles. The Bertz CT molecular complexity index is 3080. The number of carboxylic acid groups (broad SMARTS) is 3. The first-order valence-corrected chi connectivity index (χ1v) is 37.2. The van der Waals surface area contributed by atoms with E-state index in [1.165, 1.54) is 21.3 Å². The normalized spacial score (nSPS) is 15.2. The molecule has 36 nitrogen and oxygen atoms in total. The van der Waals surface area contributed by atoms with Crippen molar-refractivity contribution >= 4 is 107 Å². The first-order chi connectivity index (χ1) is 53.2. The molecule has 0 atom stereocenters. The number of hydrogen-bond acceptors (Lipinski definition) is 24. The smallest absolute Gasteiger partial charge is 0.331 e. The highest BCUT2D eigenvalue weighted by Crippen LogP contribution is 2.15. The van der Waals surface area contributed by atoms with Crippen molar-refractivity contribution in [2.45, 2.75) is 154 Å². The van der Waals surface area contributed by atoms with E-state index in [0.29, 0.717) is 97.6 Å². The summed E-state index contributed by atoms with van der Waals surface area (Å²) in [5.41, 5.74) is 0. The van der Waals surface area contributed by atoms with Gasteiger partial charge in [-0.2, -0.15) is 0 Å². The number of amides is 9. The number of carbonyl (C=O) groups excluding carboxylic acids is 15. The zero-order valence-corrected chi connectivity index (χ0v) is 63.9. The number of nitrogens with one attached hydrogen (secondary N) is 3. The van der Waals surface area contributed by atoms with Gasteiger partial charge < -0.3 is 89.1 Å². The number of hydrogen-bond donors (Lipinski definition) is 6. The van der Waals surface area contributed by atoms with Crippen molar-refractivity contribution in [3.63, 3.8) is 0 Å². The van der Waals surface area contributed by atoms with Crippen LogP contribution in [0.4, 0.5) is 0 Å². The Morgan fingerprint density at radius 1 is 0.279 bits per heavy atom. The number of ether oxygens (including phenoxy) is 6. The van der Waals surface area contributed by atoms with Crippen LogP contribution in [0.1, 0.15) is 154 Å². The summed E-state index contributed by atoms with van der Waals surface area (Å²) in [5.74, 6) is -7.13. The molecule has 6 fully saturated rings. The fourth-order valence-electron chi connectivity index (χ4n) is 10.8. The lowest BCUT2D eigenvalue weighted by Gasteiger charge is -2.14. The Labute approximate surface area is 646 Å². The average Bonchev–Trinajstić information content (AvgIpc) is 1.82. The van der Waals surface area contributed by atoms with Crippen molar-refractivity contribution in [1.29, 1.82) is 0 Å². The van der Waals surface area contributed by atoms with Gasteiger partial charge in [0.2, 0.25) is 53.2 Å². The maximum absolute atomic E-state index is 11.4. The van der Waals surface area contributed by atoms with Gasteiger partial charge in [0.25, 0.3) is 0 Å². The van der Waals surface area contributed by atoms with Gasteiger partial charge in [0, 0.05) is 203 Å². The minimum Gasteiger partial charge on any atom is -0.478 e. The minimum atomic E-state index is -1.17. The van der Waals surface area contributed by atoms with Crippen molar-refractivity contribution in [2.24, 2.45) is 0 Å². The number of rotatable bonds is 42. The Morgan fingerprint density at radius 3 is 0.811 bits per heavy atom. The van der Waals surface area contributed by atoms with Gasteiger partial charge in [0.05, 0.1) is 41.1 Å². The second-order valence-corrected chi connectivity index (χ2v) is 25.1. The summed E-state index contributed by atoms with van der Waals surface area (Å²) in [5, 5.41) is 32.6. The monoisotopic (exact) mass is 1570 g/mol. The van der Waals surface area contributed by atoms with Gasteiger partial charge in [-0.3, -0.25) is 43.2 Å². The average molecular weight is 1570 g/mol. The van der Waals surface area contributed by atoms with E-state index >= 15 is 0 Å². The maximum atomic E-state index is 11.4. The van der Waals surface area contributed by atoms with Gasteiger partial charge in [-0.1, -0.05) is 25.7 Å². The molecule has 618 valence electrons. The molecule has 0 bridgehead atoms. The van der Waals surface area contributed by atoms with E-state index in [4.69, 9.17) is 29.5 Å². The Kier molecular flexibility index (Phi) is 54.5. The number of methoxy groups -OCH3 is 3. The fourth-order valence-corrected chi connectivity index (χ4v) is 10.8. The third kappa shape index (κ3) is 52.6. The molecule has 0 unspecified atom stereocenters. The zero-order chi connectivity index (χ0) is 82.4. The number of unbranched alkanes of at least 4 members (excludes halogenated alkanes) is 9. The lowest BCUT2D eigenvalue weighted by Crippen LogP contribution is -2.34. The SMILES string of the molecule is COC(=O)C=CC(=O)NCCN1CCCC1=O.COC(=O)C=CC(=O)OCCCCCCN1CCCC1=O.COC(=O)C=CC(=O)OCCN1CCCC1=O.O=C(O)C=CC(=O)NCCCCCCN1CCCC1=O.O=C(O)C=CC(=O)NCCN1CCCC1=O.O=C(O)C=CC(=O)OCCCCCCN1CCCC1=O. The predicted octanol–water partition coefficient (Wildman–Crippen LogP) is 2.42. The van der Waals surface area contributed by atoms with Crippen LogP contribution in [-0.2, 0) is 115 Å². The van der Waals surface area contributed by atoms with Crippen LogP contribution in [0, 0.1) is 0 Å². The molecule has 6 N–H and O–H groups in total. The molecule has 0 spiro atoms. The highest BCUT2D eigenvalue weighted by Gasteiger charge is 2.24. The molecule has 0 radical (unpaired) electrons. The van der Waals surface area contributed by atoms with Crippen molar-refractivity contribution in [3.05, 3.63) is 72.9 Å². The molecule has 111 heavy (non-hydrogen) atoms. The molecule has 0 aliphatic carbocycles. The Morgan fingerprint density at radius 2 is 0.514 bits per heavy atom. The van der Waals surface area contributed by atoms with Crippen molar-refractivity contribution in [2.75, 3.05) is 139 Å². The lowest BCUT2D eigenvalue weighted by atomic mass is 10.2. The van der Waals surface area contributed by atoms with Gasteiger partial charge >= 0.3 is 53.7 Å². The summed E-state index contributed by atoms with van der Waals surface area (Å²) in [4.78, 5) is 208. The summed E-state index contributed by atoms with van der Waals surface area (Å²) >= 11 is 0. The number of nitrogens with zero attached hydrogens (tertiary/aromatic N) is 6. The van der Waals surface area contributed by atoms with Crippen molar-refractivity contribution < 1.29 is 130 Å². The van der Waals surface area contributed by atoms with Crippen molar-refractivity contribution in [3.8, 4) is 0 Å². The van der Waals surface area contributed by atoms with Crippen LogP contribution in [0.25, 0.3) is 0 Å². The third-order valence-corrected chi connectivity index (χ3v) is 16.6. The number of carbonyl (C=O) groups is 18.